The molecular weight excluding hydrogens is 296 g/mol. The molecule has 128 valence electrons. The molecule has 2 unspecified atom stereocenters. The summed E-state index contributed by atoms with van der Waals surface area (Å²) in [5.74, 6) is 1.30. The highest BCUT2D eigenvalue weighted by Crippen LogP contribution is 2.30. The summed E-state index contributed by atoms with van der Waals surface area (Å²) in [6, 6.07) is 19.3. The molecule has 3 rings (SSSR count). The number of rotatable bonds is 6. The van der Waals surface area contributed by atoms with Crippen LogP contribution in [0.3, 0.4) is 0 Å². The monoisotopic (exact) mass is 324 g/mol. The first-order valence-corrected chi connectivity index (χ1v) is 8.95. The number of nitrogens with zero attached hydrogens (tertiary/aromatic N) is 1. The van der Waals surface area contributed by atoms with Gasteiger partial charge in [0.15, 0.2) is 0 Å². The van der Waals surface area contributed by atoms with Crippen LogP contribution >= 0.6 is 0 Å². The van der Waals surface area contributed by atoms with Crippen LogP contribution in [-0.2, 0) is 6.61 Å². The Bertz CT molecular complexity index is 629. The highest BCUT2D eigenvalue weighted by molar-refractivity contribution is 5.32. The average molecular weight is 324 g/mol. The molecule has 3 heteroatoms. The van der Waals surface area contributed by atoms with E-state index in [1.807, 2.05) is 24.3 Å². The lowest BCUT2D eigenvalue weighted by Crippen LogP contribution is -2.42. The molecule has 1 heterocycles. The minimum absolute atomic E-state index is 0.371. The third-order valence-electron chi connectivity index (χ3n) is 5.08. The molecule has 2 N–H and O–H groups in total. The molecule has 3 nitrogen and oxygen atoms in total. The van der Waals surface area contributed by atoms with Gasteiger partial charge in [-0.15, -0.1) is 0 Å². The second-order valence-electron chi connectivity index (χ2n) is 6.73. The zero-order chi connectivity index (χ0) is 16.8. The Hall–Kier alpha value is -1.84. The van der Waals surface area contributed by atoms with Crippen LogP contribution in [0.25, 0.3) is 0 Å². The van der Waals surface area contributed by atoms with Crippen LogP contribution in [-0.4, -0.2) is 31.1 Å². The van der Waals surface area contributed by atoms with Crippen LogP contribution in [0.1, 0.15) is 36.3 Å². The smallest absolute Gasteiger partial charge is 0.120 e. The number of hydrogen-bond acceptors (Lipinski definition) is 3. The quantitative estimate of drug-likeness (QED) is 0.878. The van der Waals surface area contributed by atoms with E-state index < -0.39 is 0 Å². The van der Waals surface area contributed by atoms with Gasteiger partial charge in [0.25, 0.3) is 0 Å². The van der Waals surface area contributed by atoms with Crippen LogP contribution in [0.4, 0.5) is 0 Å². The second kappa shape index (κ2) is 8.32. The Labute approximate surface area is 145 Å². The molecule has 1 aliphatic rings. The number of likely N-dealkylation sites (tertiary alicyclic amines) is 1. The molecule has 1 fully saturated rings. The Balaban J connectivity index is 1.71. The molecule has 0 saturated carbocycles. The Morgan fingerprint density at radius 1 is 1.12 bits per heavy atom. The molecule has 0 radical (unpaired) electrons. The standard InChI is InChI=1S/C21H28N2O/c1-23-13-6-5-12-21(23)20(15-22)18-10-7-11-19(14-18)24-16-17-8-3-2-4-9-17/h2-4,7-11,14,20-21H,5-6,12-13,15-16,22H2,1H3. The Kier molecular flexibility index (Phi) is 5.89. The lowest BCUT2D eigenvalue weighted by Gasteiger charge is -2.38. The summed E-state index contributed by atoms with van der Waals surface area (Å²) in [6.07, 6.45) is 3.83. The lowest BCUT2D eigenvalue weighted by molar-refractivity contribution is 0.160. The highest BCUT2D eigenvalue weighted by Gasteiger charge is 2.28. The van der Waals surface area contributed by atoms with Crippen molar-refractivity contribution in [2.45, 2.75) is 37.8 Å². The molecule has 2 aromatic rings. The average Bonchev–Trinajstić information content (AvgIpc) is 2.63. The molecule has 2 atom stereocenters. The molecule has 2 aromatic carbocycles. The topological polar surface area (TPSA) is 38.5 Å². The molecule has 1 saturated heterocycles. The number of hydrogen-bond donors (Lipinski definition) is 1. The van der Waals surface area contributed by atoms with E-state index in [1.54, 1.807) is 0 Å². The van der Waals surface area contributed by atoms with Gasteiger partial charge in [-0.2, -0.15) is 0 Å². The molecule has 0 bridgehead atoms. The molecular formula is C21H28N2O. The van der Waals surface area contributed by atoms with E-state index in [0.717, 1.165) is 5.75 Å². The summed E-state index contributed by atoms with van der Waals surface area (Å²) in [6.45, 7) is 2.45. The van der Waals surface area contributed by atoms with Crippen molar-refractivity contribution in [3.8, 4) is 5.75 Å². The summed E-state index contributed by atoms with van der Waals surface area (Å²) < 4.78 is 5.99. The Morgan fingerprint density at radius 3 is 2.71 bits per heavy atom. The molecule has 0 aliphatic carbocycles. The fourth-order valence-electron chi connectivity index (χ4n) is 3.70. The molecule has 0 aromatic heterocycles. The maximum Gasteiger partial charge on any atom is 0.120 e. The number of piperidine rings is 1. The molecule has 24 heavy (non-hydrogen) atoms. The van der Waals surface area contributed by atoms with Gasteiger partial charge in [0.05, 0.1) is 0 Å². The maximum atomic E-state index is 6.15. The Morgan fingerprint density at radius 2 is 1.96 bits per heavy atom. The van der Waals surface area contributed by atoms with Crippen molar-refractivity contribution in [1.29, 1.82) is 0 Å². The SMILES string of the molecule is CN1CCCCC1C(CN)c1cccc(OCc2ccccc2)c1. The summed E-state index contributed by atoms with van der Waals surface area (Å²) in [5, 5.41) is 0. The van der Waals surface area contributed by atoms with Crippen molar-refractivity contribution in [2.24, 2.45) is 5.73 Å². The largest absolute Gasteiger partial charge is 0.489 e. The van der Waals surface area contributed by atoms with Gasteiger partial charge < -0.3 is 15.4 Å². The fourth-order valence-corrected chi connectivity index (χ4v) is 3.70. The minimum Gasteiger partial charge on any atom is -0.489 e. The van der Waals surface area contributed by atoms with E-state index in [2.05, 4.69) is 42.3 Å². The van der Waals surface area contributed by atoms with Crippen molar-refractivity contribution >= 4 is 0 Å². The first-order valence-electron chi connectivity index (χ1n) is 8.95. The van der Waals surface area contributed by atoms with E-state index in [9.17, 15) is 0 Å². The highest BCUT2D eigenvalue weighted by atomic mass is 16.5. The van der Waals surface area contributed by atoms with Gasteiger partial charge in [-0.05, 0) is 49.7 Å². The van der Waals surface area contributed by atoms with E-state index >= 15 is 0 Å². The first-order chi connectivity index (χ1) is 11.8. The molecule has 0 spiro atoms. The van der Waals surface area contributed by atoms with Crippen molar-refractivity contribution in [3.63, 3.8) is 0 Å². The van der Waals surface area contributed by atoms with Gasteiger partial charge in [-0.25, -0.2) is 0 Å². The van der Waals surface area contributed by atoms with Crippen LogP contribution in [0.2, 0.25) is 0 Å². The van der Waals surface area contributed by atoms with Gasteiger partial charge >= 0.3 is 0 Å². The van der Waals surface area contributed by atoms with E-state index in [1.165, 1.54) is 36.9 Å². The fraction of sp³-hybridized carbons (Fsp3) is 0.429. The predicted octanol–water partition coefficient (Wildman–Crippen LogP) is 3.79. The van der Waals surface area contributed by atoms with Gasteiger partial charge in [0.2, 0.25) is 0 Å². The normalized spacial score (nSPS) is 19.8. The lowest BCUT2D eigenvalue weighted by atomic mass is 9.85. The molecule has 0 amide bonds. The van der Waals surface area contributed by atoms with Gasteiger partial charge in [-0.1, -0.05) is 48.9 Å². The van der Waals surface area contributed by atoms with Crippen molar-refractivity contribution in [1.82, 2.24) is 4.90 Å². The third-order valence-corrected chi connectivity index (χ3v) is 5.08. The summed E-state index contributed by atoms with van der Waals surface area (Å²) in [7, 11) is 2.22. The van der Waals surface area contributed by atoms with Crippen LogP contribution in [0, 0.1) is 0 Å². The zero-order valence-corrected chi connectivity index (χ0v) is 14.5. The van der Waals surface area contributed by atoms with E-state index in [0.29, 0.717) is 25.1 Å². The molecule has 1 aliphatic heterocycles. The number of ether oxygens (including phenoxy) is 1. The van der Waals surface area contributed by atoms with Crippen LogP contribution in [0.15, 0.2) is 54.6 Å². The summed E-state index contributed by atoms with van der Waals surface area (Å²) >= 11 is 0. The minimum atomic E-state index is 0.371. The summed E-state index contributed by atoms with van der Waals surface area (Å²) in [5.41, 5.74) is 8.62. The van der Waals surface area contributed by atoms with Gasteiger partial charge in [-0.3, -0.25) is 0 Å². The number of likely N-dealkylation sites (N-methyl/N-ethyl adjacent to an activating group) is 1. The van der Waals surface area contributed by atoms with Crippen LogP contribution < -0.4 is 10.5 Å². The van der Waals surface area contributed by atoms with Crippen LogP contribution in [0.5, 0.6) is 5.75 Å². The van der Waals surface area contributed by atoms with Crippen molar-refractivity contribution in [2.75, 3.05) is 20.1 Å². The zero-order valence-electron chi connectivity index (χ0n) is 14.5. The van der Waals surface area contributed by atoms with Crippen molar-refractivity contribution in [3.05, 3.63) is 65.7 Å². The second-order valence-corrected chi connectivity index (χ2v) is 6.73. The van der Waals surface area contributed by atoms with E-state index in [-0.39, 0.29) is 0 Å². The number of benzene rings is 2. The number of nitrogens with two attached hydrogens (primary N) is 1. The van der Waals surface area contributed by atoms with Crippen molar-refractivity contribution < 1.29 is 4.74 Å². The van der Waals surface area contributed by atoms with Gasteiger partial charge in [0, 0.05) is 18.5 Å². The summed E-state index contributed by atoms with van der Waals surface area (Å²) in [4.78, 5) is 2.47. The maximum absolute atomic E-state index is 6.15. The third kappa shape index (κ3) is 4.16. The van der Waals surface area contributed by atoms with E-state index in [4.69, 9.17) is 10.5 Å². The first kappa shape index (κ1) is 17.0. The van der Waals surface area contributed by atoms with Gasteiger partial charge in [0.1, 0.15) is 12.4 Å². The predicted molar refractivity (Wildman–Crippen MR) is 99.3 cm³/mol.